The summed E-state index contributed by atoms with van der Waals surface area (Å²) >= 11 is 3.08. The van der Waals surface area contributed by atoms with Crippen LogP contribution in [0.25, 0.3) is 16.1 Å². The Morgan fingerprint density at radius 2 is 2.09 bits per heavy atom. The van der Waals surface area contributed by atoms with E-state index in [1.807, 2.05) is 41.9 Å². The summed E-state index contributed by atoms with van der Waals surface area (Å²) in [7, 11) is 0. The molecule has 6 heteroatoms. The van der Waals surface area contributed by atoms with Crippen LogP contribution < -0.4 is 5.32 Å². The highest BCUT2D eigenvalue weighted by molar-refractivity contribution is 7.13. The number of aryl methyl sites for hydroxylation is 1. The van der Waals surface area contributed by atoms with Crippen LogP contribution in [0.5, 0.6) is 0 Å². The van der Waals surface area contributed by atoms with Gasteiger partial charge in [-0.25, -0.2) is 9.97 Å². The molecular weight excluding hydrogens is 312 g/mol. The highest BCUT2D eigenvalue weighted by Crippen LogP contribution is 2.24. The first-order valence-corrected chi connectivity index (χ1v) is 8.31. The standard InChI is InChI=1S/C16H12N4S2/c1-11-10-22-16(20-11)13(8-17)9-19-14-4-2-12(3-5-14)15-18-6-7-21-15/h2-7,9-10,19H,1H3/b13-9+. The Morgan fingerprint density at radius 3 is 2.68 bits per heavy atom. The fourth-order valence-corrected chi connectivity index (χ4v) is 3.26. The second-order valence-corrected chi connectivity index (χ2v) is 6.28. The molecule has 0 fully saturated rings. The highest BCUT2D eigenvalue weighted by Gasteiger charge is 2.05. The van der Waals surface area contributed by atoms with E-state index >= 15 is 0 Å². The molecule has 1 N–H and O–H groups in total. The van der Waals surface area contributed by atoms with E-state index in [9.17, 15) is 5.26 Å². The Morgan fingerprint density at radius 1 is 1.27 bits per heavy atom. The van der Waals surface area contributed by atoms with E-state index in [0.29, 0.717) is 5.57 Å². The van der Waals surface area contributed by atoms with Crippen LogP contribution in [0.1, 0.15) is 10.7 Å². The normalized spacial score (nSPS) is 11.2. The van der Waals surface area contributed by atoms with Crippen molar-refractivity contribution in [3.63, 3.8) is 0 Å². The van der Waals surface area contributed by atoms with Gasteiger partial charge in [-0.3, -0.25) is 0 Å². The van der Waals surface area contributed by atoms with Gasteiger partial charge in [0, 0.05) is 40.1 Å². The summed E-state index contributed by atoms with van der Waals surface area (Å²) in [6.45, 7) is 1.92. The number of benzene rings is 1. The molecule has 3 aromatic rings. The lowest BCUT2D eigenvalue weighted by Crippen LogP contribution is -1.91. The van der Waals surface area contributed by atoms with E-state index in [-0.39, 0.29) is 0 Å². The summed E-state index contributed by atoms with van der Waals surface area (Å²) in [6, 6.07) is 10.1. The van der Waals surface area contributed by atoms with Gasteiger partial charge in [-0.05, 0) is 31.2 Å². The molecule has 0 radical (unpaired) electrons. The number of anilines is 1. The number of hydrogen-bond acceptors (Lipinski definition) is 6. The van der Waals surface area contributed by atoms with Crippen LogP contribution in [-0.4, -0.2) is 9.97 Å². The molecule has 3 rings (SSSR count). The summed E-state index contributed by atoms with van der Waals surface area (Å²) in [5.74, 6) is 0. The van der Waals surface area contributed by atoms with Gasteiger partial charge in [0.1, 0.15) is 21.7 Å². The summed E-state index contributed by atoms with van der Waals surface area (Å²) in [5.41, 5.74) is 3.46. The number of thiazole rings is 2. The fourth-order valence-electron chi connectivity index (χ4n) is 1.85. The molecule has 0 bridgehead atoms. The monoisotopic (exact) mass is 324 g/mol. The molecule has 0 spiro atoms. The predicted octanol–water partition coefficient (Wildman–Crippen LogP) is 4.55. The zero-order chi connectivity index (χ0) is 15.4. The van der Waals surface area contributed by atoms with Gasteiger partial charge >= 0.3 is 0 Å². The topological polar surface area (TPSA) is 61.6 Å². The van der Waals surface area contributed by atoms with Gasteiger partial charge < -0.3 is 5.32 Å². The third kappa shape index (κ3) is 3.22. The zero-order valence-electron chi connectivity index (χ0n) is 11.8. The van der Waals surface area contributed by atoms with E-state index in [1.54, 1.807) is 23.7 Å². The lowest BCUT2D eigenvalue weighted by molar-refractivity contribution is 1.24. The Labute approximate surface area is 136 Å². The quantitative estimate of drug-likeness (QED) is 0.715. The van der Waals surface area contributed by atoms with Crippen molar-refractivity contribution in [1.29, 1.82) is 5.26 Å². The molecule has 0 amide bonds. The lowest BCUT2D eigenvalue weighted by Gasteiger charge is -2.02. The second kappa shape index (κ2) is 6.52. The molecule has 0 aliphatic heterocycles. The molecule has 0 saturated carbocycles. The number of nitrogens with zero attached hydrogens (tertiary/aromatic N) is 3. The first-order valence-electron chi connectivity index (χ1n) is 6.55. The average Bonchev–Trinajstić information content (AvgIpc) is 3.20. The third-order valence-corrected chi connectivity index (χ3v) is 4.73. The number of hydrogen-bond donors (Lipinski definition) is 1. The molecular formula is C16H12N4S2. The van der Waals surface area contributed by atoms with Crippen LogP contribution in [0.3, 0.4) is 0 Å². The maximum atomic E-state index is 9.24. The molecule has 0 unspecified atom stereocenters. The maximum Gasteiger partial charge on any atom is 0.135 e. The van der Waals surface area contributed by atoms with Crippen molar-refractivity contribution in [2.45, 2.75) is 6.92 Å². The molecule has 4 nitrogen and oxygen atoms in total. The molecule has 2 aromatic heterocycles. The van der Waals surface area contributed by atoms with Crippen LogP contribution in [-0.2, 0) is 0 Å². The van der Waals surface area contributed by atoms with Gasteiger partial charge in [-0.1, -0.05) is 0 Å². The van der Waals surface area contributed by atoms with Crippen molar-refractivity contribution in [3.05, 3.63) is 58.1 Å². The first-order chi connectivity index (χ1) is 10.8. The van der Waals surface area contributed by atoms with Gasteiger partial charge in [-0.2, -0.15) is 5.26 Å². The highest BCUT2D eigenvalue weighted by atomic mass is 32.1. The van der Waals surface area contributed by atoms with Crippen LogP contribution in [0, 0.1) is 18.3 Å². The van der Waals surface area contributed by atoms with Gasteiger partial charge in [0.25, 0.3) is 0 Å². The molecule has 0 aliphatic rings. The molecule has 0 atom stereocenters. The van der Waals surface area contributed by atoms with Crippen molar-refractivity contribution in [1.82, 2.24) is 9.97 Å². The minimum atomic E-state index is 0.530. The van der Waals surface area contributed by atoms with Gasteiger partial charge in [0.05, 0.1) is 0 Å². The van der Waals surface area contributed by atoms with Gasteiger partial charge in [0.15, 0.2) is 0 Å². The molecule has 22 heavy (non-hydrogen) atoms. The molecule has 0 saturated heterocycles. The van der Waals surface area contributed by atoms with Gasteiger partial charge in [-0.15, -0.1) is 22.7 Å². The molecule has 1 aromatic carbocycles. The Balaban J connectivity index is 1.75. The van der Waals surface area contributed by atoms with Crippen LogP contribution in [0.4, 0.5) is 5.69 Å². The summed E-state index contributed by atoms with van der Waals surface area (Å²) in [6.07, 6.45) is 3.49. The van der Waals surface area contributed by atoms with E-state index in [0.717, 1.165) is 27.0 Å². The van der Waals surface area contributed by atoms with E-state index < -0.39 is 0 Å². The molecule has 0 aliphatic carbocycles. The Kier molecular flexibility index (Phi) is 4.28. The Hall–Kier alpha value is -2.49. The van der Waals surface area contributed by atoms with E-state index in [2.05, 4.69) is 21.4 Å². The summed E-state index contributed by atoms with van der Waals surface area (Å²) in [5, 5.41) is 18.0. The number of aromatic nitrogens is 2. The van der Waals surface area contributed by atoms with Crippen molar-refractivity contribution in [2.75, 3.05) is 5.32 Å². The first kappa shape index (κ1) is 14.4. The van der Waals surface area contributed by atoms with Gasteiger partial charge in [0.2, 0.25) is 0 Å². The van der Waals surface area contributed by atoms with E-state index in [4.69, 9.17) is 0 Å². The second-order valence-electron chi connectivity index (χ2n) is 4.52. The number of rotatable bonds is 4. The predicted molar refractivity (Wildman–Crippen MR) is 91.6 cm³/mol. The zero-order valence-corrected chi connectivity index (χ0v) is 13.4. The minimum Gasteiger partial charge on any atom is -0.360 e. The molecule has 108 valence electrons. The summed E-state index contributed by atoms with van der Waals surface area (Å²) in [4.78, 5) is 8.60. The minimum absolute atomic E-state index is 0.530. The number of allylic oxidation sites excluding steroid dienone is 1. The molecule has 2 heterocycles. The van der Waals surface area contributed by atoms with Crippen LogP contribution in [0.15, 0.2) is 47.4 Å². The third-order valence-electron chi connectivity index (χ3n) is 2.92. The maximum absolute atomic E-state index is 9.24. The lowest BCUT2D eigenvalue weighted by atomic mass is 10.2. The van der Waals surface area contributed by atoms with Crippen molar-refractivity contribution in [2.24, 2.45) is 0 Å². The SMILES string of the molecule is Cc1csc(/C(C#N)=C/Nc2ccc(-c3nccs3)cc2)n1. The van der Waals surface area contributed by atoms with Crippen molar-refractivity contribution < 1.29 is 0 Å². The number of nitrogens with one attached hydrogen (secondary N) is 1. The van der Waals surface area contributed by atoms with Crippen molar-refractivity contribution >= 4 is 33.9 Å². The van der Waals surface area contributed by atoms with Crippen LogP contribution >= 0.6 is 22.7 Å². The fraction of sp³-hybridized carbons (Fsp3) is 0.0625. The van der Waals surface area contributed by atoms with Crippen LogP contribution in [0.2, 0.25) is 0 Å². The Bertz CT molecular complexity index is 824. The largest absolute Gasteiger partial charge is 0.360 e. The van der Waals surface area contributed by atoms with Crippen molar-refractivity contribution in [3.8, 4) is 16.6 Å². The van der Waals surface area contributed by atoms with E-state index in [1.165, 1.54) is 11.3 Å². The summed E-state index contributed by atoms with van der Waals surface area (Å²) < 4.78 is 0. The number of nitriles is 1. The smallest absolute Gasteiger partial charge is 0.135 e. The average molecular weight is 324 g/mol.